The maximum Gasteiger partial charge on any atom is 0.120 e. The van der Waals surface area contributed by atoms with E-state index in [4.69, 9.17) is 0 Å². The van der Waals surface area contributed by atoms with Crippen LogP contribution in [0.2, 0.25) is 0 Å². The molecule has 1 aromatic rings. The van der Waals surface area contributed by atoms with Crippen LogP contribution < -0.4 is 0 Å². The summed E-state index contributed by atoms with van der Waals surface area (Å²) in [5.74, 6) is 0.353. The van der Waals surface area contributed by atoms with Crippen molar-refractivity contribution < 1.29 is 4.79 Å². The Morgan fingerprint density at radius 2 is 2.00 bits per heavy atom. The fraction of sp³-hybridized carbons (Fsp3) is 0.308. The second kappa shape index (κ2) is 6.14. The third-order valence-electron chi connectivity index (χ3n) is 2.37. The van der Waals surface area contributed by atoms with E-state index in [1.165, 1.54) is 5.56 Å². The normalized spacial score (nSPS) is 12.0. The molecular weight excluding hydrogens is 172 g/mol. The van der Waals surface area contributed by atoms with Crippen LogP contribution in [-0.4, -0.2) is 6.29 Å². The number of hydrogen-bond donors (Lipinski definition) is 0. The summed E-state index contributed by atoms with van der Waals surface area (Å²) in [7, 11) is 0. The summed E-state index contributed by atoms with van der Waals surface area (Å²) in [6, 6.07) is 10.2. The minimum atomic E-state index is 0.353. The number of hydrogen-bond acceptors (Lipinski definition) is 1. The Labute approximate surface area is 85.5 Å². The molecule has 1 nitrogen and oxygen atoms in total. The van der Waals surface area contributed by atoms with Gasteiger partial charge in [-0.3, -0.25) is 0 Å². The van der Waals surface area contributed by atoms with Crippen LogP contribution in [0.25, 0.3) is 0 Å². The Morgan fingerprint density at radius 3 is 2.57 bits per heavy atom. The summed E-state index contributed by atoms with van der Waals surface area (Å²) < 4.78 is 0. The Kier molecular flexibility index (Phi) is 4.70. The van der Waals surface area contributed by atoms with Crippen molar-refractivity contribution in [3.63, 3.8) is 0 Å². The highest BCUT2D eigenvalue weighted by molar-refractivity contribution is 5.51. The molecule has 0 bridgehead atoms. The van der Waals surface area contributed by atoms with Crippen LogP contribution in [0.15, 0.2) is 43.0 Å². The fourth-order valence-electron chi connectivity index (χ4n) is 1.58. The van der Waals surface area contributed by atoms with Crippen molar-refractivity contribution in [2.24, 2.45) is 0 Å². The standard InChI is InChI=1S/C13H16O/c1-2-3-7-13(10-11-14)12-8-5-4-6-9-12/h2,4-6,8-9,11,13H,1,3,7,10H2. The summed E-state index contributed by atoms with van der Waals surface area (Å²) in [4.78, 5) is 10.5. The van der Waals surface area contributed by atoms with Crippen molar-refractivity contribution >= 4 is 6.29 Å². The van der Waals surface area contributed by atoms with E-state index in [1.54, 1.807) is 0 Å². The van der Waals surface area contributed by atoms with Gasteiger partial charge in [0.2, 0.25) is 0 Å². The van der Waals surface area contributed by atoms with Crippen LogP contribution >= 0.6 is 0 Å². The highest BCUT2D eigenvalue weighted by Gasteiger charge is 2.08. The molecule has 0 spiro atoms. The first-order chi connectivity index (χ1) is 6.88. The first-order valence-electron chi connectivity index (χ1n) is 4.98. The Bertz CT molecular complexity index is 277. The lowest BCUT2D eigenvalue weighted by molar-refractivity contribution is -0.108. The summed E-state index contributed by atoms with van der Waals surface area (Å²) in [6.07, 6.45) is 5.49. The Balaban J connectivity index is 2.66. The van der Waals surface area contributed by atoms with Crippen molar-refractivity contribution in [3.05, 3.63) is 48.6 Å². The number of rotatable bonds is 6. The van der Waals surface area contributed by atoms with Gasteiger partial charge in [-0.25, -0.2) is 0 Å². The zero-order valence-corrected chi connectivity index (χ0v) is 8.36. The highest BCUT2D eigenvalue weighted by atomic mass is 16.1. The molecule has 1 aromatic carbocycles. The van der Waals surface area contributed by atoms with Crippen LogP contribution in [-0.2, 0) is 4.79 Å². The van der Waals surface area contributed by atoms with E-state index in [0.29, 0.717) is 12.3 Å². The highest BCUT2D eigenvalue weighted by Crippen LogP contribution is 2.23. The molecule has 0 N–H and O–H groups in total. The van der Waals surface area contributed by atoms with Gasteiger partial charge in [0, 0.05) is 6.42 Å². The molecule has 1 rings (SSSR count). The van der Waals surface area contributed by atoms with E-state index in [0.717, 1.165) is 19.1 Å². The van der Waals surface area contributed by atoms with Gasteiger partial charge >= 0.3 is 0 Å². The van der Waals surface area contributed by atoms with E-state index in [-0.39, 0.29) is 0 Å². The van der Waals surface area contributed by atoms with Crippen molar-refractivity contribution in [2.45, 2.75) is 25.2 Å². The molecule has 74 valence electrons. The second-order valence-electron chi connectivity index (χ2n) is 3.38. The predicted molar refractivity (Wildman–Crippen MR) is 59.3 cm³/mol. The fourth-order valence-corrected chi connectivity index (χ4v) is 1.58. The van der Waals surface area contributed by atoms with Gasteiger partial charge in [-0.1, -0.05) is 36.4 Å². The van der Waals surface area contributed by atoms with Gasteiger partial charge < -0.3 is 4.79 Å². The predicted octanol–water partition coefficient (Wildman–Crippen LogP) is 3.33. The Hall–Kier alpha value is -1.37. The average molecular weight is 188 g/mol. The van der Waals surface area contributed by atoms with Crippen LogP contribution in [0, 0.1) is 0 Å². The Morgan fingerprint density at radius 1 is 1.29 bits per heavy atom. The molecule has 14 heavy (non-hydrogen) atoms. The molecule has 1 atom stereocenters. The van der Waals surface area contributed by atoms with Gasteiger partial charge in [-0.05, 0) is 24.3 Å². The van der Waals surface area contributed by atoms with Crippen molar-refractivity contribution in [2.75, 3.05) is 0 Å². The van der Waals surface area contributed by atoms with Gasteiger partial charge in [0.1, 0.15) is 6.29 Å². The monoisotopic (exact) mass is 188 g/mol. The number of benzene rings is 1. The molecule has 0 aliphatic carbocycles. The number of allylic oxidation sites excluding steroid dienone is 1. The third-order valence-corrected chi connectivity index (χ3v) is 2.37. The van der Waals surface area contributed by atoms with E-state index in [9.17, 15) is 4.79 Å². The largest absolute Gasteiger partial charge is 0.303 e. The summed E-state index contributed by atoms with van der Waals surface area (Å²) >= 11 is 0. The van der Waals surface area contributed by atoms with Gasteiger partial charge in [0.15, 0.2) is 0 Å². The van der Waals surface area contributed by atoms with Gasteiger partial charge in [0.25, 0.3) is 0 Å². The molecule has 0 saturated carbocycles. The minimum absolute atomic E-state index is 0.353. The van der Waals surface area contributed by atoms with E-state index in [1.807, 2.05) is 24.3 Å². The molecule has 0 aromatic heterocycles. The van der Waals surface area contributed by atoms with E-state index < -0.39 is 0 Å². The van der Waals surface area contributed by atoms with Crippen LogP contribution in [0.3, 0.4) is 0 Å². The van der Waals surface area contributed by atoms with Crippen LogP contribution in [0.1, 0.15) is 30.7 Å². The lowest BCUT2D eigenvalue weighted by Gasteiger charge is -2.12. The summed E-state index contributed by atoms with van der Waals surface area (Å²) in [6.45, 7) is 3.70. The van der Waals surface area contributed by atoms with Gasteiger partial charge in [-0.15, -0.1) is 6.58 Å². The third kappa shape index (κ3) is 3.17. The van der Waals surface area contributed by atoms with Gasteiger partial charge in [-0.2, -0.15) is 0 Å². The molecule has 1 unspecified atom stereocenters. The molecule has 0 amide bonds. The maximum absolute atomic E-state index is 10.5. The SMILES string of the molecule is C=CCCC(CC=O)c1ccccc1. The molecule has 0 aliphatic heterocycles. The topological polar surface area (TPSA) is 17.1 Å². The average Bonchev–Trinajstić information content (AvgIpc) is 2.25. The van der Waals surface area contributed by atoms with E-state index >= 15 is 0 Å². The van der Waals surface area contributed by atoms with Gasteiger partial charge in [0.05, 0.1) is 0 Å². The lowest BCUT2D eigenvalue weighted by atomic mass is 9.92. The molecular formula is C13H16O. The molecule has 0 saturated heterocycles. The first-order valence-corrected chi connectivity index (χ1v) is 4.98. The van der Waals surface area contributed by atoms with E-state index in [2.05, 4.69) is 18.7 Å². The molecule has 1 heteroatoms. The number of aldehydes is 1. The van der Waals surface area contributed by atoms with Crippen LogP contribution in [0.5, 0.6) is 0 Å². The molecule has 0 heterocycles. The zero-order valence-electron chi connectivity index (χ0n) is 8.36. The van der Waals surface area contributed by atoms with Crippen molar-refractivity contribution in [1.29, 1.82) is 0 Å². The zero-order chi connectivity index (χ0) is 10.2. The first kappa shape index (κ1) is 10.7. The maximum atomic E-state index is 10.5. The quantitative estimate of drug-likeness (QED) is 0.494. The molecule has 0 fully saturated rings. The summed E-state index contributed by atoms with van der Waals surface area (Å²) in [5.41, 5.74) is 1.25. The molecule has 0 radical (unpaired) electrons. The second-order valence-corrected chi connectivity index (χ2v) is 3.38. The smallest absolute Gasteiger partial charge is 0.120 e. The number of carbonyl (C=O) groups is 1. The minimum Gasteiger partial charge on any atom is -0.303 e. The van der Waals surface area contributed by atoms with Crippen LogP contribution in [0.4, 0.5) is 0 Å². The lowest BCUT2D eigenvalue weighted by Crippen LogP contribution is -1.99. The van der Waals surface area contributed by atoms with Crippen molar-refractivity contribution in [3.8, 4) is 0 Å². The molecule has 0 aliphatic rings. The van der Waals surface area contributed by atoms with Crippen molar-refractivity contribution in [1.82, 2.24) is 0 Å². The number of carbonyl (C=O) groups excluding carboxylic acids is 1. The summed E-state index contributed by atoms with van der Waals surface area (Å²) in [5, 5.41) is 0.